The molecule has 2 rings (SSSR count). The molecule has 0 unspecified atom stereocenters. The van der Waals surface area contributed by atoms with Gasteiger partial charge in [0.05, 0.1) is 0 Å². The summed E-state index contributed by atoms with van der Waals surface area (Å²) in [5.74, 6) is 0. The number of aromatic nitrogens is 1. The number of sulfonamides is 1. The van der Waals surface area contributed by atoms with E-state index in [4.69, 9.17) is 5.11 Å². The van der Waals surface area contributed by atoms with E-state index in [1.54, 1.807) is 30.6 Å². The van der Waals surface area contributed by atoms with Crippen LogP contribution in [0.4, 0.5) is 0 Å². The average molecular weight is 411 g/mol. The number of nitrogens with zero attached hydrogens (tertiary/aromatic N) is 2. The molecule has 1 N–H and O–H groups in total. The lowest BCUT2D eigenvalue weighted by Crippen LogP contribution is -2.30. The van der Waals surface area contributed by atoms with Gasteiger partial charge in [0.2, 0.25) is 10.0 Å². The zero-order chi connectivity index (χ0) is 17.4. The fourth-order valence-corrected chi connectivity index (χ4v) is 3.71. The van der Waals surface area contributed by atoms with Gasteiger partial charge in [0.15, 0.2) is 0 Å². The number of benzene rings is 1. The molecule has 0 spiro atoms. The molecule has 0 amide bonds. The number of rotatable bonds is 8. The van der Waals surface area contributed by atoms with Crippen LogP contribution < -0.4 is 0 Å². The summed E-state index contributed by atoms with van der Waals surface area (Å²) in [7, 11) is -3.61. The Bertz CT molecular complexity index is 779. The van der Waals surface area contributed by atoms with Gasteiger partial charge in [-0.25, -0.2) is 8.42 Å². The summed E-state index contributed by atoms with van der Waals surface area (Å²) < 4.78 is 27.5. The molecular weight excluding hydrogens is 392 g/mol. The van der Waals surface area contributed by atoms with E-state index in [0.717, 1.165) is 15.6 Å². The summed E-state index contributed by atoms with van der Waals surface area (Å²) in [6.45, 7) is 0.433. The summed E-state index contributed by atoms with van der Waals surface area (Å²) in [4.78, 5) is 3.94. The van der Waals surface area contributed by atoms with E-state index < -0.39 is 10.0 Å². The Kier molecular flexibility index (Phi) is 7.11. The van der Waals surface area contributed by atoms with E-state index in [0.29, 0.717) is 6.42 Å². The van der Waals surface area contributed by atoms with Crippen molar-refractivity contribution in [1.82, 2.24) is 9.29 Å². The molecule has 0 aliphatic rings. The van der Waals surface area contributed by atoms with Crippen LogP contribution in [-0.4, -0.2) is 36.0 Å². The summed E-state index contributed by atoms with van der Waals surface area (Å²) >= 11 is 3.40. The van der Waals surface area contributed by atoms with Gasteiger partial charge in [-0.05, 0) is 41.8 Å². The molecule has 7 heteroatoms. The largest absolute Gasteiger partial charge is 0.396 e. The fourth-order valence-electron chi connectivity index (χ4n) is 2.09. The molecule has 24 heavy (non-hydrogen) atoms. The Hall–Kier alpha value is -1.54. The van der Waals surface area contributed by atoms with E-state index in [2.05, 4.69) is 20.9 Å². The van der Waals surface area contributed by atoms with Crippen molar-refractivity contribution in [3.8, 4) is 0 Å². The van der Waals surface area contributed by atoms with Gasteiger partial charge in [-0.2, -0.15) is 4.31 Å². The molecule has 1 heterocycles. The lowest BCUT2D eigenvalue weighted by atomic mass is 10.2. The van der Waals surface area contributed by atoms with Crippen LogP contribution in [0.5, 0.6) is 0 Å². The Labute approximate surface area is 150 Å². The first-order chi connectivity index (χ1) is 11.5. The lowest BCUT2D eigenvalue weighted by Gasteiger charge is -2.20. The molecule has 1 aromatic carbocycles. The topological polar surface area (TPSA) is 70.5 Å². The molecule has 0 atom stereocenters. The van der Waals surface area contributed by atoms with E-state index in [1.165, 1.54) is 9.71 Å². The third kappa shape index (κ3) is 5.52. The Morgan fingerprint density at radius 1 is 1.17 bits per heavy atom. The highest BCUT2D eigenvalue weighted by Gasteiger charge is 2.19. The quantitative estimate of drug-likeness (QED) is 0.725. The second kappa shape index (κ2) is 9.08. The third-order valence-corrected chi connectivity index (χ3v) is 5.59. The average Bonchev–Trinajstić information content (AvgIpc) is 2.58. The summed E-state index contributed by atoms with van der Waals surface area (Å²) in [6, 6.07) is 11.0. The van der Waals surface area contributed by atoms with E-state index in [-0.39, 0.29) is 19.7 Å². The monoisotopic (exact) mass is 410 g/mol. The number of aliphatic hydroxyl groups excluding tert-OH is 1. The maximum atomic E-state index is 12.7. The van der Waals surface area contributed by atoms with Crippen LogP contribution in [0.15, 0.2) is 58.7 Å². The van der Waals surface area contributed by atoms with Gasteiger partial charge < -0.3 is 5.11 Å². The summed E-state index contributed by atoms with van der Waals surface area (Å²) in [6.07, 6.45) is 5.21. The molecule has 0 aliphatic carbocycles. The molecule has 0 saturated heterocycles. The van der Waals surface area contributed by atoms with Crippen LogP contribution >= 0.6 is 15.9 Å². The molecule has 0 bridgehead atoms. The highest BCUT2D eigenvalue weighted by atomic mass is 79.9. The Morgan fingerprint density at radius 2 is 1.88 bits per heavy atom. The van der Waals surface area contributed by atoms with Gasteiger partial charge >= 0.3 is 0 Å². The number of hydrogen-bond acceptors (Lipinski definition) is 4. The normalized spacial score (nSPS) is 12.1. The molecule has 1 aromatic heterocycles. The van der Waals surface area contributed by atoms with Crippen LogP contribution in [0.3, 0.4) is 0 Å². The highest BCUT2D eigenvalue weighted by Crippen LogP contribution is 2.19. The minimum absolute atomic E-state index is 0.0592. The van der Waals surface area contributed by atoms with Crippen molar-refractivity contribution >= 4 is 32.0 Å². The lowest BCUT2D eigenvalue weighted by molar-refractivity contribution is 0.268. The van der Waals surface area contributed by atoms with Gasteiger partial charge in [-0.1, -0.05) is 34.1 Å². The first-order valence-corrected chi connectivity index (χ1v) is 9.75. The van der Waals surface area contributed by atoms with Gasteiger partial charge in [0.1, 0.15) is 0 Å². The van der Waals surface area contributed by atoms with Crippen molar-refractivity contribution in [2.45, 2.75) is 13.0 Å². The Morgan fingerprint density at radius 3 is 2.54 bits per heavy atom. The van der Waals surface area contributed by atoms with Gasteiger partial charge in [0.25, 0.3) is 0 Å². The second-order valence-corrected chi connectivity index (χ2v) is 7.81. The first-order valence-electron chi connectivity index (χ1n) is 7.45. The molecule has 2 aromatic rings. The molecule has 5 nitrogen and oxygen atoms in total. The molecule has 0 saturated carbocycles. The van der Waals surface area contributed by atoms with Crippen molar-refractivity contribution < 1.29 is 13.5 Å². The smallest absolute Gasteiger partial charge is 0.236 e. The van der Waals surface area contributed by atoms with Crippen molar-refractivity contribution in [3.63, 3.8) is 0 Å². The summed E-state index contributed by atoms with van der Waals surface area (Å²) in [5, 5.41) is 10.2. The van der Waals surface area contributed by atoms with Crippen LogP contribution in [0.2, 0.25) is 0 Å². The number of aliphatic hydroxyl groups is 1. The van der Waals surface area contributed by atoms with Crippen LogP contribution in [0.1, 0.15) is 17.5 Å². The van der Waals surface area contributed by atoms with E-state index in [1.807, 2.05) is 24.3 Å². The zero-order valence-corrected chi connectivity index (χ0v) is 15.4. The predicted molar refractivity (Wildman–Crippen MR) is 98.4 cm³/mol. The predicted octanol–water partition coefficient (Wildman–Crippen LogP) is 3.03. The molecule has 128 valence electrons. The molecule has 0 fully saturated rings. The van der Waals surface area contributed by atoms with Gasteiger partial charge in [-0.15, -0.1) is 0 Å². The van der Waals surface area contributed by atoms with Crippen molar-refractivity contribution in [1.29, 1.82) is 0 Å². The number of hydrogen-bond donors (Lipinski definition) is 1. The van der Waals surface area contributed by atoms with Crippen molar-refractivity contribution in [2.24, 2.45) is 0 Å². The molecule has 0 aliphatic heterocycles. The van der Waals surface area contributed by atoms with Crippen molar-refractivity contribution in [3.05, 3.63) is 69.8 Å². The van der Waals surface area contributed by atoms with Crippen LogP contribution in [0.25, 0.3) is 6.08 Å². The number of pyridine rings is 1. The Balaban J connectivity index is 2.21. The minimum Gasteiger partial charge on any atom is -0.396 e. The van der Waals surface area contributed by atoms with Gasteiger partial charge in [0, 0.05) is 42.0 Å². The maximum absolute atomic E-state index is 12.7. The van der Waals surface area contributed by atoms with Crippen LogP contribution in [0, 0.1) is 0 Å². The second-order valence-electron chi connectivity index (χ2n) is 5.14. The van der Waals surface area contributed by atoms with E-state index in [9.17, 15) is 8.42 Å². The fraction of sp³-hybridized carbons (Fsp3) is 0.235. The zero-order valence-electron chi connectivity index (χ0n) is 13.0. The maximum Gasteiger partial charge on any atom is 0.236 e. The first kappa shape index (κ1) is 18.8. The van der Waals surface area contributed by atoms with Crippen LogP contribution in [-0.2, 0) is 16.6 Å². The standard InChI is InChI=1S/C17H19BrN2O3S/c18-17-5-2-1-4-16(17)8-13-24(22,23)20(11-3-12-21)14-15-6-9-19-10-7-15/h1-2,4-10,13,21H,3,11-12,14H2/b13-8+. The minimum atomic E-state index is -3.61. The third-order valence-electron chi connectivity index (χ3n) is 3.36. The number of halogens is 1. The molecule has 0 radical (unpaired) electrons. The molecular formula is C17H19BrN2O3S. The highest BCUT2D eigenvalue weighted by molar-refractivity contribution is 9.10. The summed E-state index contributed by atoms with van der Waals surface area (Å²) in [5.41, 5.74) is 1.63. The van der Waals surface area contributed by atoms with Gasteiger partial charge in [-0.3, -0.25) is 4.98 Å². The van der Waals surface area contributed by atoms with Crippen molar-refractivity contribution in [2.75, 3.05) is 13.2 Å². The SMILES string of the molecule is O=S(=O)(/C=C/c1ccccc1Br)N(CCCO)Cc1ccncc1. The van der Waals surface area contributed by atoms with E-state index >= 15 is 0 Å².